The first kappa shape index (κ1) is 5.13. The second-order valence-electron chi connectivity index (χ2n) is 1.63. The van der Waals surface area contributed by atoms with E-state index < -0.39 is 0 Å². The molecular formula is C5H6N3. The van der Waals surface area contributed by atoms with Crippen molar-refractivity contribution in [3.05, 3.63) is 11.8 Å². The van der Waals surface area contributed by atoms with E-state index in [2.05, 4.69) is 11.5 Å². The Balaban J connectivity index is 2.53. The zero-order chi connectivity index (χ0) is 5.98. The Hall–Kier alpha value is -1.01. The molecule has 0 amide bonds. The Labute approximate surface area is 48.2 Å². The minimum Gasteiger partial charge on any atom is -0.309 e. The molecule has 0 spiro atoms. The molecule has 0 atom stereocenters. The number of hydrogen-bond donors (Lipinski definition) is 1. The molecule has 0 aromatic heterocycles. The first-order chi connectivity index (χ1) is 3.83. The number of likely N-dealkylation sites (N-methyl/N-ethyl adjacent to an activating group) is 1. The van der Waals surface area contributed by atoms with Crippen LogP contribution in [0, 0.1) is 17.4 Å². The third-order valence-corrected chi connectivity index (χ3v) is 0.907. The lowest BCUT2D eigenvalue weighted by Gasteiger charge is -2.06. The van der Waals surface area contributed by atoms with Crippen molar-refractivity contribution in [2.45, 2.75) is 0 Å². The summed E-state index contributed by atoms with van der Waals surface area (Å²) in [7, 11) is 1.86. The highest BCUT2D eigenvalue weighted by Gasteiger charge is 2.05. The lowest BCUT2D eigenvalue weighted by Crippen LogP contribution is -2.26. The van der Waals surface area contributed by atoms with Gasteiger partial charge in [0.25, 0.3) is 0 Å². The number of nitrogens with one attached hydrogen (secondary N) is 1. The fourth-order valence-corrected chi connectivity index (χ4v) is 0.532. The molecule has 1 rings (SSSR count). The third-order valence-electron chi connectivity index (χ3n) is 0.907. The summed E-state index contributed by atoms with van der Waals surface area (Å²) < 4.78 is 0. The number of nitriles is 1. The Bertz CT molecular complexity index is 154. The molecule has 0 saturated carbocycles. The van der Waals surface area contributed by atoms with Gasteiger partial charge in [-0.25, -0.2) is 5.01 Å². The van der Waals surface area contributed by atoms with Gasteiger partial charge in [0.05, 0.1) is 0 Å². The van der Waals surface area contributed by atoms with Crippen LogP contribution in [0.25, 0.3) is 0 Å². The number of allylic oxidation sites excluding steroid dienone is 1. The van der Waals surface area contributed by atoms with E-state index >= 15 is 0 Å². The van der Waals surface area contributed by atoms with Crippen LogP contribution in [0.5, 0.6) is 0 Å². The quantitative estimate of drug-likeness (QED) is 0.461. The largest absolute Gasteiger partial charge is 0.309 e. The molecule has 0 unspecified atom stereocenters. The van der Waals surface area contributed by atoms with Crippen LogP contribution in [0.4, 0.5) is 0 Å². The molecule has 0 aromatic rings. The Morgan fingerprint density at radius 1 is 2.00 bits per heavy atom. The zero-order valence-electron chi connectivity index (χ0n) is 4.60. The van der Waals surface area contributed by atoms with Gasteiger partial charge >= 0.3 is 0 Å². The Morgan fingerprint density at radius 2 is 2.75 bits per heavy atom. The van der Waals surface area contributed by atoms with Crippen LogP contribution in [-0.2, 0) is 0 Å². The Kier molecular flexibility index (Phi) is 1.18. The van der Waals surface area contributed by atoms with E-state index in [1.54, 1.807) is 5.01 Å². The van der Waals surface area contributed by atoms with Gasteiger partial charge in [0, 0.05) is 19.7 Å². The maximum absolute atomic E-state index is 8.25. The molecule has 0 saturated heterocycles. The monoisotopic (exact) mass is 108 g/mol. The highest BCUT2D eigenvalue weighted by Crippen LogP contribution is 1.94. The van der Waals surface area contributed by atoms with E-state index in [0.717, 1.165) is 0 Å². The molecule has 3 nitrogen and oxygen atoms in total. The lowest BCUT2D eigenvalue weighted by atomic mass is 10.5. The van der Waals surface area contributed by atoms with Crippen molar-refractivity contribution < 1.29 is 0 Å². The van der Waals surface area contributed by atoms with E-state index in [0.29, 0.717) is 12.2 Å². The number of nitrogens with zero attached hydrogens (tertiary/aromatic N) is 2. The first-order valence-electron chi connectivity index (χ1n) is 2.31. The van der Waals surface area contributed by atoms with Gasteiger partial charge in [-0.15, -0.1) is 0 Å². The predicted molar refractivity (Wildman–Crippen MR) is 28.1 cm³/mol. The summed E-state index contributed by atoms with van der Waals surface area (Å²) in [5.41, 5.74) is 3.30. The zero-order valence-corrected chi connectivity index (χ0v) is 4.60. The van der Waals surface area contributed by atoms with Crippen LogP contribution in [0.2, 0.25) is 0 Å². The predicted octanol–water partition coefficient (Wildman–Crippen LogP) is -0.353. The molecule has 0 bridgehead atoms. The summed E-state index contributed by atoms with van der Waals surface area (Å²) in [5, 5.41) is 10.0. The second kappa shape index (κ2) is 1.85. The topological polar surface area (TPSA) is 39.1 Å². The van der Waals surface area contributed by atoms with E-state index in [-0.39, 0.29) is 0 Å². The van der Waals surface area contributed by atoms with Gasteiger partial charge in [0.15, 0.2) is 0 Å². The van der Waals surface area contributed by atoms with Crippen LogP contribution in [0.3, 0.4) is 0 Å². The summed E-state index contributed by atoms with van der Waals surface area (Å²) in [6.45, 7) is 0.697. The average Bonchev–Trinajstić information content (AvgIpc) is 2.14. The average molecular weight is 108 g/mol. The first-order valence-corrected chi connectivity index (χ1v) is 2.31. The van der Waals surface area contributed by atoms with Crippen molar-refractivity contribution in [3.63, 3.8) is 0 Å². The van der Waals surface area contributed by atoms with Crippen molar-refractivity contribution in [3.8, 4) is 6.07 Å². The van der Waals surface area contributed by atoms with Crippen LogP contribution in [-0.4, -0.2) is 18.6 Å². The van der Waals surface area contributed by atoms with E-state index in [4.69, 9.17) is 5.26 Å². The van der Waals surface area contributed by atoms with Crippen molar-refractivity contribution in [1.82, 2.24) is 10.4 Å². The molecule has 41 valence electrons. The minimum atomic E-state index is 0.521. The number of hydrogen-bond acceptors (Lipinski definition) is 3. The van der Waals surface area contributed by atoms with E-state index in [9.17, 15) is 0 Å². The van der Waals surface area contributed by atoms with Crippen molar-refractivity contribution >= 4 is 0 Å². The fourth-order valence-electron chi connectivity index (χ4n) is 0.532. The second-order valence-corrected chi connectivity index (χ2v) is 1.63. The van der Waals surface area contributed by atoms with Gasteiger partial charge < -0.3 is 5.43 Å². The van der Waals surface area contributed by atoms with E-state index in [1.807, 2.05) is 13.1 Å². The normalized spacial score (nSPS) is 19.2. The van der Waals surface area contributed by atoms with Crippen LogP contribution in [0.1, 0.15) is 0 Å². The number of hydrazine groups is 1. The molecule has 1 aliphatic rings. The molecule has 3 heteroatoms. The molecule has 8 heavy (non-hydrogen) atoms. The summed E-state index contributed by atoms with van der Waals surface area (Å²) in [4.78, 5) is 0. The molecule has 1 heterocycles. The fraction of sp³-hybridized carbons (Fsp3) is 0.400. The van der Waals surface area contributed by atoms with Gasteiger partial charge in [-0.05, 0) is 0 Å². The Morgan fingerprint density at radius 3 is 3.00 bits per heavy atom. The van der Waals surface area contributed by atoms with Gasteiger partial charge in [-0.1, -0.05) is 0 Å². The standard InChI is InChI=1S/C5H6N3/c1-8-3-2-5(4-6)7-8/h7H,3H2,1H3. The molecule has 1 radical (unpaired) electrons. The van der Waals surface area contributed by atoms with Crippen LogP contribution in [0.15, 0.2) is 5.70 Å². The van der Waals surface area contributed by atoms with Gasteiger partial charge in [0.1, 0.15) is 11.8 Å². The SMILES string of the molecule is CN1C[C]=C(C#N)N1. The van der Waals surface area contributed by atoms with Gasteiger partial charge in [-0.2, -0.15) is 5.26 Å². The summed E-state index contributed by atoms with van der Waals surface area (Å²) >= 11 is 0. The lowest BCUT2D eigenvalue weighted by molar-refractivity contribution is 0.324. The molecule has 0 aliphatic carbocycles. The van der Waals surface area contributed by atoms with Crippen LogP contribution >= 0.6 is 0 Å². The molecular weight excluding hydrogens is 102 g/mol. The molecule has 0 aromatic carbocycles. The maximum atomic E-state index is 8.25. The van der Waals surface area contributed by atoms with E-state index in [1.165, 1.54) is 0 Å². The number of rotatable bonds is 0. The summed E-state index contributed by atoms with van der Waals surface area (Å²) in [5.74, 6) is 0. The molecule has 0 fully saturated rings. The summed E-state index contributed by atoms with van der Waals surface area (Å²) in [6.07, 6.45) is 2.83. The molecule has 1 N–H and O–H groups in total. The van der Waals surface area contributed by atoms with Crippen molar-refractivity contribution in [2.75, 3.05) is 13.6 Å². The maximum Gasteiger partial charge on any atom is 0.133 e. The van der Waals surface area contributed by atoms with Crippen molar-refractivity contribution in [1.29, 1.82) is 5.26 Å². The van der Waals surface area contributed by atoms with Gasteiger partial charge in [0.2, 0.25) is 0 Å². The van der Waals surface area contributed by atoms with Crippen molar-refractivity contribution in [2.24, 2.45) is 0 Å². The van der Waals surface area contributed by atoms with Crippen LogP contribution < -0.4 is 5.43 Å². The smallest absolute Gasteiger partial charge is 0.133 e. The van der Waals surface area contributed by atoms with Gasteiger partial charge in [-0.3, -0.25) is 0 Å². The molecule has 1 aliphatic heterocycles. The summed E-state index contributed by atoms with van der Waals surface area (Å²) in [6, 6.07) is 1.95. The minimum absolute atomic E-state index is 0.521. The highest BCUT2D eigenvalue weighted by atomic mass is 15.5. The third kappa shape index (κ3) is 0.796. The highest BCUT2D eigenvalue weighted by molar-refractivity contribution is 5.17.